The van der Waals surface area contributed by atoms with Gasteiger partial charge >= 0.3 is 0 Å². The highest BCUT2D eigenvalue weighted by Crippen LogP contribution is 2.22. The zero-order valence-electron chi connectivity index (χ0n) is 12.6. The van der Waals surface area contributed by atoms with Crippen molar-refractivity contribution in [2.75, 3.05) is 26.2 Å². The van der Waals surface area contributed by atoms with Crippen LogP contribution in [0.4, 0.5) is 0 Å². The molecule has 0 bridgehead atoms. The van der Waals surface area contributed by atoms with E-state index in [1.807, 2.05) is 0 Å². The normalized spacial score (nSPS) is 26.4. The van der Waals surface area contributed by atoms with Crippen molar-refractivity contribution in [3.05, 3.63) is 23.7 Å². The van der Waals surface area contributed by atoms with Gasteiger partial charge in [-0.15, -0.1) is 0 Å². The second-order valence-corrected chi connectivity index (χ2v) is 6.27. The van der Waals surface area contributed by atoms with Crippen LogP contribution in [-0.4, -0.2) is 48.1 Å². The van der Waals surface area contributed by atoms with Crippen LogP contribution < -0.4 is 5.73 Å². The third kappa shape index (κ3) is 3.25. The van der Waals surface area contributed by atoms with Gasteiger partial charge in [-0.25, -0.2) is 0 Å². The van der Waals surface area contributed by atoms with Crippen molar-refractivity contribution in [1.82, 2.24) is 9.80 Å². The molecule has 1 unspecified atom stereocenters. The highest BCUT2D eigenvalue weighted by molar-refractivity contribution is 5.07. The number of hydrogen-bond donors (Lipinski definition) is 1. The lowest BCUT2D eigenvalue weighted by molar-refractivity contribution is 0.150. The Morgan fingerprint density at radius 1 is 1.15 bits per heavy atom. The smallest absolute Gasteiger partial charge is 0.118 e. The number of piperidine rings is 1. The first-order chi connectivity index (χ1) is 9.74. The minimum atomic E-state index is 0.430. The monoisotopic (exact) mass is 277 g/mol. The van der Waals surface area contributed by atoms with E-state index in [0.717, 1.165) is 43.4 Å². The van der Waals surface area contributed by atoms with Gasteiger partial charge in [0.2, 0.25) is 0 Å². The number of aryl methyl sites for hydroxylation is 1. The SMILES string of the molecule is CCc1ccc(CN2CCC(N3CCC(N)CC3)C2)o1. The highest BCUT2D eigenvalue weighted by atomic mass is 16.3. The molecule has 4 heteroatoms. The van der Waals surface area contributed by atoms with Crippen molar-refractivity contribution < 1.29 is 4.42 Å². The Bertz CT molecular complexity index is 423. The minimum absolute atomic E-state index is 0.430. The van der Waals surface area contributed by atoms with Crippen molar-refractivity contribution in [3.8, 4) is 0 Å². The zero-order chi connectivity index (χ0) is 13.9. The molecule has 2 aliphatic rings. The number of rotatable bonds is 4. The van der Waals surface area contributed by atoms with Gasteiger partial charge in [-0.05, 0) is 44.5 Å². The molecule has 112 valence electrons. The van der Waals surface area contributed by atoms with E-state index < -0.39 is 0 Å². The van der Waals surface area contributed by atoms with Crippen molar-refractivity contribution >= 4 is 0 Å². The Morgan fingerprint density at radius 2 is 1.90 bits per heavy atom. The topological polar surface area (TPSA) is 45.6 Å². The number of furan rings is 1. The van der Waals surface area contributed by atoms with Gasteiger partial charge in [0.25, 0.3) is 0 Å². The highest BCUT2D eigenvalue weighted by Gasteiger charge is 2.30. The molecular formula is C16H27N3O. The van der Waals surface area contributed by atoms with Crippen LogP contribution in [0.1, 0.15) is 37.7 Å². The molecule has 2 fully saturated rings. The molecule has 1 aromatic heterocycles. The molecule has 0 amide bonds. The molecule has 0 spiro atoms. The molecule has 3 heterocycles. The Kier molecular flexibility index (Phi) is 4.44. The van der Waals surface area contributed by atoms with Gasteiger partial charge < -0.3 is 10.2 Å². The summed E-state index contributed by atoms with van der Waals surface area (Å²) in [5.74, 6) is 2.21. The second-order valence-electron chi connectivity index (χ2n) is 6.27. The maximum Gasteiger partial charge on any atom is 0.118 e. The van der Waals surface area contributed by atoms with Gasteiger partial charge in [-0.3, -0.25) is 9.80 Å². The fraction of sp³-hybridized carbons (Fsp3) is 0.750. The van der Waals surface area contributed by atoms with Crippen LogP contribution >= 0.6 is 0 Å². The van der Waals surface area contributed by atoms with E-state index in [4.69, 9.17) is 10.2 Å². The molecule has 4 nitrogen and oxygen atoms in total. The number of nitrogens with zero attached hydrogens (tertiary/aromatic N) is 2. The summed E-state index contributed by atoms with van der Waals surface area (Å²) in [7, 11) is 0. The summed E-state index contributed by atoms with van der Waals surface area (Å²) in [4.78, 5) is 5.17. The number of nitrogens with two attached hydrogens (primary N) is 1. The molecule has 1 atom stereocenters. The fourth-order valence-corrected chi connectivity index (χ4v) is 3.46. The van der Waals surface area contributed by atoms with Crippen molar-refractivity contribution in [1.29, 1.82) is 0 Å². The number of likely N-dealkylation sites (tertiary alicyclic amines) is 2. The van der Waals surface area contributed by atoms with E-state index in [2.05, 4.69) is 28.9 Å². The largest absolute Gasteiger partial charge is 0.465 e. The fourth-order valence-electron chi connectivity index (χ4n) is 3.46. The molecule has 2 N–H and O–H groups in total. The minimum Gasteiger partial charge on any atom is -0.465 e. The van der Waals surface area contributed by atoms with Gasteiger partial charge in [-0.2, -0.15) is 0 Å². The third-order valence-corrected chi connectivity index (χ3v) is 4.78. The van der Waals surface area contributed by atoms with E-state index in [9.17, 15) is 0 Å². The van der Waals surface area contributed by atoms with E-state index in [-0.39, 0.29) is 0 Å². The molecule has 2 saturated heterocycles. The Morgan fingerprint density at radius 3 is 2.60 bits per heavy atom. The summed E-state index contributed by atoms with van der Waals surface area (Å²) in [5.41, 5.74) is 5.99. The van der Waals surface area contributed by atoms with E-state index >= 15 is 0 Å². The Labute approximate surface area is 121 Å². The molecule has 0 saturated carbocycles. The summed E-state index contributed by atoms with van der Waals surface area (Å²) in [6.07, 6.45) is 4.59. The first-order valence-corrected chi connectivity index (χ1v) is 8.04. The molecule has 3 rings (SSSR count). The standard InChI is InChI=1S/C16H27N3O/c1-2-15-3-4-16(20-15)12-18-8-7-14(11-18)19-9-5-13(17)6-10-19/h3-4,13-14H,2,5-12,17H2,1H3. The average Bonchev–Trinajstić information content (AvgIpc) is 3.09. The van der Waals surface area contributed by atoms with Crippen molar-refractivity contribution in [2.45, 2.75) is 51.2 Å². The lowest BCUT2D eigenvalue weighted by Crippen LogP contribution is -2.46. The van der Waals surface area contributed by atoms with Crippen LogP contribution in [0.3, 0.4) is 0 Å². The first kappa shape index (κ1) is 14.1. The summed E-state index contributed by atoms with van der Waals surface area (Å²) >= 11 is 0. The van der Waals surface area contributed by atoms with Gasteiger partial charge in [0, 0.05) is 31.6 Å². The van der Waals surface area contributed by atoms with Gasteiger partial charge in [0.15, 0.2) is 0 Å². The third-order valence-electron chi connectivity index (χ3n) is 4.78. The maximum absolute atomic E-state index is 5.99. The van der Waals surface area contributed by atoms with Gasteiger partial charge in [0.05, 0.1) is 6.54 Å². The predicted molar refractivity (Wildman–Crippen MR) is 80.6 cm³/mol. The lowest BCUT2D eigenvalue weighted by atomic mass is 10.0. The first-order valence-electron chi connectivity index (χ1n) is 8.04. The van der Waals surface area contributed by atoms with Crippen LogP contribution in [-0.2, 0) is 13.0 Å². The van der Waals surface area contributed by atoms with Gasteiger partial charge in [0.1, 0.15) is 11.5 Å². The van der Waals surface area contributed by atoms with E-state index in [0.29, 0.717) is 6.04 Å². The van der Waals surface area contributed by atoms with Crippen molar-refractivity contribution in [2.24, 2.45) is 5.73 Å². The maximum atomic E-state index is 5.99. The molecule has 1 aromatic rings. The van der Waals surface area contributed by atoms with E-state index in [1.54, 1.807) is 0 Å². The quantitative estimate of drug-likeness (QED) is 0.912. The van der Waals surface area contributed by atoms with Gasteiger partial charge in [-0.1, -0.05) is 6.92 Å². The van der Waals surface area contributed by atoms with Crippen LogP contribution in [0, 0.1) is 0 Å². The summed E-state index contributed by atoms with van der Waals surface area (Å²) in [5, 5.41) is 0. The second kappa shape index (κ2) is 6.29. The summed E-state index contributed by atoms with van der Waals surface area (Å²) < 4.78 is 5.82. The number of hydrogen-bond acceptors (Lipinski definition) is 4. The van der Waals surface area contributed by atoms with Crippen molar-refractivity contribution in [3.63, 3.8) is 0 Å². The lowest BCUT2D eigenvalue weighted by Gasteiger charge is -2.34. The van der Waals surface area contributed by atoms with E-state index in [1.165, 1.54) is 32.6 Å². The molecule has 20 heavy (non-hydrogen) atoms. The molecular weight excluding hydrogens is 250 g/mol. The molecule has 0 aliphatic carbocycles. The Balaban J connectivity index is 1.49. The molecule has 0 radical (unpaired) electrons. The predicted octanol–water partition coefficient (Wildman–Crippen LogP) is 1.84. The summed E-state index contributed by atoms with van der Waals surface area (Å²) in [6, 6.07) is 5.39. The average molecular weight is 277 g/mol. The molecule has 2 aliphatic heterocycles. The molecule has 0 aromatic carbocycles. The van der Waals surface area contributed by atoms with Crippen LogP contribution in [0.15, 0.2) is 16.5 Å². The van der Waals surface area contributed by atoms with Crippen LogP contribution in [0.25, 0.3) is 0 Å². The van der Waals surface area contributed by atoms with Crippen LogP contribution in [0.5, 0.6) is 0 Å². The van der Waals surface area contributed by atoms with Crippen LogP contribution in [0.2, 0.25) is 0 Å². The zero-order valence-corrected chi connectivity index (χ0v) is 12.6. The summed E-state index contributed by atoms with van der Waals surface area (Å²) in [6.45, 7) is 7.83. The Hall–Kier alpha value is -0.840.